The first kappa shape index (κ1) is 22.1. The molecule has 0 saturated carbocycles. The number of ether oxygens (including phenoxy) is 2. The molecule has 1 heterocycles. The number of nitrogens with zero attached hydrogens (tertiary/aromatic N) is 4. The average Bonchev–Trinajstić information content (AvgIpc) is 3.10. The van der Waals surface area contributed by atoms with Crippen molar-refractivity contribution in [2.24, 2.45) is 12.0 Å². The van der Waals surface area contributed by atoms with E-state index in [1.807, 2.05) is 61.9 Å². The van der Waals surface area contributed by atoms with Crippen molar-refractivity contribution in [3.8, 4) is 11.5 Å². The number of aliphatic imine (C=N–C) groups is 1. The number of rotatable bonds is 8. The molecule has 2 aromatic carbocycles. The summed E-state index contributed by atoms with van der Waals surface area (Å²) < 4.78 is 12.6. The molecule has 164 valence electrons. The van der Waals surface area contributed by atoms with E-state index >= 15 is 0 Å². The molecule has 0 bridgehead atoms. The second kappa shape index (κ2) is 10.5. The van der Waals surface area contributed by atoms with Crippen LogP contribution in [0.5, 0.6) is 11.5 Å². The molecule has 0 amide bonds. The highest BCUT2D eigenvalue weighted by molar-refractivity contribution is 5.79. The van der Waals surface area contributed by atoms with Gasteiger partial charge in [-0.1, -0.05) is 18.2 Å². The van der Waals surface area contributed by atoms with Crippen molar-refractivity contribution in [2.45, 2.75) is 33.5 Å². The van der Waals surface area contributed by atoms with E-state index in [1.165, 1.54) is 0 Å². The third-order valence-electron chi connectivity index (χ3n) is 4.98. The highest BCUT2D eigenvalue weighted by Gasteiger charge is 2.07. The zero-order valence-corrected chi connectivity index (χ0v) is 18.8. The van der Waals surface area contributed by atoms with Crippen LogP contribution in [0.1, 0.15) is 28.3 Å². The summed E-state index contributed by atoms with van der Waals surface area (Å²) in [5.74, 6) is 4.07. The predicted molar refractivity (Wildman–Crippen MR) is 121 cm³/mol. The minimum Gasteiger partial charge on any atom is -0.497 e. The Morgan fingerprint density at radius 1 is 0.903 bits per heavy atom. The lowest BCUT2D eigenvalue weighted by atomic mass is 10.1. The lowest BCUT2D eigenvalue weighted by molar-refractivity contribution is 0.414. The molecule has 0 radical (unpaired) electrons. The smallest absolute Gasteiger partial charge is 0.192 e. The number of methoxy groups -OCH3 is 2. The van der Waals surface area contributed by atoms with Gasteiger partial charge in [0.05, 0.1) is 27.3 Å². The lowest BCUT2D eigenvalue weighted by Gasteiger charge is -2.13. The summed E-state index contributed by atoms with van der Waals surface area (Å²) in [5.41, 5.74) is 3.35. The molecule has 0 fully saturated rings. The Hall–Kier alpha value is -3.55. The summed E-state index contributed by atoms with van der Waals surface area (Å²) >= 11 is 0. The van der Waals surface area contributed by atoms with Crippen molar-refractivity contribution in [1.82, 2.24) is 25.4 Å². The maximum Gasteiger partial charge on any atom is 0.192 e. The molecule has 0 atom stereocenters. The predicted octanol–water partition coefficient (Wildman–Crippen LogP) is 2.88. The summed E-state index contributed by atoms with van der Waals surface area (Å²) in [6.45, 7) is 5.65. The first-order valence-electron chi connectivity index (χ1n) is 10.1. The van der Waals surface area contributed by atoms with Gasteiger partial charge in [-0.2, -0.15) is 0 Å². The summed E-state index contributed by atoms with van der Waals surface area (Å²) in [6, 6.07) is 14.1. The molecule has 3 rings (SSSR count). The van der Waals surface area contributed by atoms with E-state index in [0.29, 0.717) is 25.6 Å². The molecule has 3 aromatic rings. The molecule has 31 heavy (non-hydrogen) atoms. The van der Waals surface area contributed by atoms with Gasteiger partial charge in [0.25, 0.3) is 0 Å². The van der Waals surface area contributed by atoms with E-state index < -0.39 is 0 Å². The zero-order valence-electron chi connectivity index (χ0n) is 18.8. The molecule has 1 aromatic heterocycles. The molecule has 2 N–H and O–H groups in total. The van der Waals surface area contributed by atoms with Crippen LogP contribution in [0.15, 0.2) is 47.5 Å². The van der Waals surface area contributed by atoms with Crippen molar-refractivity contribution in [1.29, 1.82) is 0 Å². The van der Waals surface area contributed by atoms with Crippen LogP contribution in [0, 0.1) is 13.8 Å². The minimum atomic E-state index is 0.517. The number of hydrogen-bond acceptors (Lipinski definition) is 5. The number of aryl methyl sites for hydroxylation is 2. The third kappa shape index (κ3) is 6.21. The van der Waals surface area contributed by atoms with E-state index in [9.17, 15) is 0 Å². The van der Waals surface area contributed by atoms with Gasteiger partial charge < -0.3 is 24.7 Å². The lowest BCUT2D eigenvalue weighted by Crippen LogP contribution is -2.37. The van der Waals surface area contributed by atoms with Crippen LogP contribution in [0.3, 0.4) is 0 Å². The van der Waals surface area contributed by atoms with Gasteiger partial charge in [-0.3, -0.25) is 0 Å². The molecule has 0 aliphatic heterocycles. The van der Waals surface area contributed by atoms with Gasteiger partial charge in [0.2, 0.25) is 0 Å². The van der Waals surface area contributed by atoms with Crippen molar-refractivity contribution in [3.05, 3.63) is 70.8 Å². The third-order valence-corrected chi connectivity index (χ3v) is 4.98. The average molecular weight is 423 g/mol. The fourth-order valence-corrected chi connectivity index (χ4v) is 3.08. The van der Waals surface area contributed by atoms with Gasteiger partial charge in [0.15, 0.2) is 11.8 Å². The SMILES string of the molecule is COc1ccc(CNC(=NCc2cc(C)cc(OC)c2)NCc2nnc(C)n2C)cc1. The summed E-state index contributed by atoms with van der Waals surface area (Å²) in [4.78, 5) is 4.77. The highest BCUT2D eigenvalue weighted by Crippen LogP contribution is 2.17. The number of aromatic nitrogens is 3. The van der Waals surface area contributed by atoms with Gasteiger partial charge in [-0.25, -0.2) is 4.99 Å². The molecule has 0 aliphatic carbocycles. The molecule has 0 saturated heterocycles. The van der Waals surface area contributed by atoms with Gasteiger partial charge in [0, 0.05) is 13.6 Å². The number of hydrogen-bond donors (Lipinski definition) is 2. The fourth-order valence-electron chi connectivity index (χ4n) is 3.08. The Morgan fingerprint density at radius 2 is 1.61 bits per heavy atom. The van der Waals surface area contributed by atoms with E-state index in [0.717, 1.165) is 39.8 Å². The highest BCUT2D eigenvalue weighted by atomic mass is 16.5. The molecule has 8 nitrogen and oxygen atoms in total. The Bertz CT molecular complexity index is 1030. The van der Waals surface area contributed by atoms with Crippen LogP contribution in [-0.2, 0) is 26.7 Å². The first-order chi connectivity index (χ1) is 15.0. The number of benzene rings is 2. The Labute approximate surface area is 183 Å². The maximum absolute atomic E-state index is 5.38. The molecule has 8 heteroatoms. The molecular formula is C23H30N6O2. The minimum absolute atomic E-state index is 0.517. The number of nitrogens with one attached hydrogen (secondary N) is 2. The van der Waals surface area contributed by atoms with Crippen LogP contribution in [0.25, 0.3) is 0 Å². The molecular weight excluding hydrogens is 392 g/mol. The van der Waals surface area contributed by atoms with Gasteiger partial charge in [-0.15, -0.1) is 10.2 Å². The summed E-state index contributed by atoms with van der Waals surface area (Å²) in [7, 11) is 5.29. The van der Waals surface area contributed by atoms with Crippen LogP contribution < -0.4 is 20.1 Å². The van der Waals surface area contributed by atoms with Crippen molar-refractivity contribution < 1.29 is 9.47 Å². The van der Waals surface area contributed by atoms with Gasteiger partial charge >= 0.3 is 0 Å². The van der Waals surface area contributed by atoms with E-state index in [1.54, 1.807) is 14.2 Å². The normalized spacial score (nSPS) is 11.3. The quantitative estimate of drug-likeness (QED) is 0.429. The van der Waals surface area contributed by atoms with Crippen LogP contribution in [0.2, 0.25) is 0 Å². The summed E-state index contributed by atoms with van der Waals surface area (Å²) in [6.07, 6.45) is 0. The number of guanidine groups is 1. The molecule has 0 spiro atoms. The maximum atomic E-state index is 5.38. The molecule has 0 unspecified atom stereocenters. The van der Waals surface area contributed by atoms with E-state index in [4.69, 9.17) is 14.5 Å². The topological polar surface area (TPSA) is 85.6 Å². The van der Waals surface area contributed by atoms with Crippen molar-refractivity contribution in [3.63, 3.8) is 0 Å². The van der Waals surface area contributed by atoms with Gasteiger partial charge in [-0.05, 0) is 54.8 Å². The summed E-state index contributed by atoms with van der Waals surface area (Å²) in [5, 5.41) is 15.1. The van der Waals surface area contributed by atoms with E-state index in [2.05, 4.69) is 26.9 Å². The van der Waals surface area contributed by atoms with Crippen molar-refractivity contribution >= 4 is 5.96 Å². The van der Waals surface area contributed by atoms with Crippen LogP contribution in [0.4, 0.5) is 0 Å². The monoisotopic (exact) mass is 422 g/mol. The Morgan fingerprint density at radius 3 is 2.26 bits per heavy atom. The Kier molecular flexibility index (Phi) is 7.48. The second-order valence-electron chi connectivity index (χ2n) is 7.30. The van der Waals surface area contributed by atoms with Crippen LogP contribution in [-0.4, -0.2) is 34.9 Å². The second-order valence-corrected chi connectivity index (χ2v) is 7.30. The van der Waals surface area contributed by atoms with Crippen molar-refractivity contribution in [2.75, 3.05) is 14.2 Å². The largest absolute Gasteiger partial charge is 0.497 e. The Balaban J connectivity index is 1.72. The molecule has 0 aliphatic rings. The van der Waals surface area contributed by atoms with Crippen LogP contribution >= 0.6 is 0 Å². The van der Waals surface area contributed by atoms with E-state index in [-0.39, 0.29) is 0 Å². The first-order valence-corrected chi connectivity index (χ1v) is 10.1. The standard InChI is InChI=1S/C23H30N6O2/c1-16-10-19(12-21(11-16)31-5)14-25-23(26-15-22-28-27-17(2)29(22)3)24-13-18-6-8-20(30-4)9-7-18/h6-12H,13-15H2,1-5H3,(H2,24,25,26). The fraction of sp³-hybridized carbons (Fsp3) is 0.348. The zero-order chi connectivity index (χ0) is 22.2. The van der Waals surface area contributed by atoms with Gasteiger partial charge in [0.1, 0.15) is 17.3 Å².